The van der Waals surface area contributed by atoms with Gasteiger partial charge in [-0.05, 0) is 31.5 Å². The van der Waals surface area contributed by atoms with Crippen LogP contribution in [0.25, 0.3) is 0 Å². The van der Waals surface area contributed by atoms with E-state index in [-0.39, 0.29) is 12.4 Å². The summed E-state index contributed by atoms with van der Waals surface area (Å²) in [4.78, 5) is 0. The molecule has 0 spiro atoms. The fraction of sp³-hybridized carbons (Fsp3) is 0.538. The largest absolute Gasteiger partial charge is 0.497 e. The van der Waals surface area contributed by atoms with Gasteiger partial charge in [-0.1, -0.05) is 6.92 Å². The molecule has 0 saturated carbocycles. The van der Waals surface area contributed by atoms with E-state index in [0.717, 1.165) is 30.0 Å². The van der Waals surface area contributed by atoms with E-state index in [4.69, 9.17) is 9.47 Å². The molecule has 0 aliphatic carbocycles. The second-order valence-electron chi connectivity index (χ2n) is 3.87. The maximum atomic E-state index is 5.32. The van der Waals surface area contributed by atoms with Gasteiger partial charge >= 0.3 is 0 Å². The van der Waals surface area contributed by atoms with Crippen LogP contribution in [0.2, 0.25) is 0 Å². The standard InChI is InChI=1S/C13H21NO2.ClH/c1-5-10(2)14-9-11-8-12(15-3)6-7-13(11)16-4;/h6-8,10,14H,5,9H2,1-4H3;1H. The second-order valence-corrected chi connectivity index (χ2v) is 3.87. The lowest BCUT2D eigenvalue weighted by atomic mass is 10.1. The van der Waals surface area contributed by atoms with E-state index in [2.05, 4.69) is 19.2 Å². The molecule has 0 heterocycles. The predicted molar refractivity (Wildman–Crippen MR) is 73.4 cm³/mol. The Labute approximate surface area is 110 Å². The minimum atomic E-state index is 0. The first-order valence-electron chi connectivity index (χ1n) is 5.65. The van der Waals surface area contributed by atoms with Crippen LogP contribution in [0.3, 0.4) is 0 Å². The van der Waals surface area contributed by atoms with E-state index in [9.17, 15) is 0 Å². The summed E-state index contributed by atoms with van der Waals surface area (Å²) in [7, 11) is 3.36. The van der Waals surface area contributed by atoms with Crippen molar-refractivity contribution in [1.29, 1.82) is 0 Å². The molecule has 0 aromatic heterocycles. The molecule has 98 valence electrons. The van der Waals surface area contributed by atoms with Crippen LogP contribution in [0.4, 0.5) is 0 Å². The Morgan fingerprint density at radius 2 is 1.94 bits per heavy atom. The molecular formula is C13H22ClNO2. The predicted octanol–water partition coefficient (Wildman–Crippen LogP) is 3.01. The molecule has 0 aliphatic heterocycles. The van der Waals surface area contributed by atoms with E-state index in [1.54, 1.807) is 14.2 Å². The van der Waals surface area contributed by atoms with Crippen molar-refractivity contribution < 1.29 is 9.47 Å². The molecule has 17 heavy (non-hydrogen) atoms. The molecule has 0 aliphatic rings. The number of nitrogens with one attached hydrogen (secondary N) is 1. The zero-order valence-corrected chi connectivity index (χ0v) is 11.8. The molecule has 3 nitrogen and oxygen atoms in total. The molecule has 4 heteroatoms. The lowest BCUT2D eigenvalue weighted by Crippen LogP contribution is -2.24. The van der Waals surface area contributed by atoms with Crippen LogP contribution in [0, 0.1) is 0 Å². The van der Waals surface area contributed by atoms with Crippen molar-refractivity contribution in [2.45, 2.75) is 32.9 Å². The topological polar surface area (TPSA) is 30.5 Å². The molecule has 1 aromatic rings. The normalized spacial score (nSPS) is 11.5. The van der Waals surface area contributed by atoms with Crippen molar-refractivity contribution in [1.82, 2.24) is 5.32 Å². The lowest BCUT2D eigenvalue weighted by molar-refractivity contribution is 0.395. The van der Waals surface area contributed by atoms with Crippen LogP contribution in [0.15, 0.2) is 18.2 Å². The van der Waals surface area contributed by atoms with Crippen LogP contribution >= 0.6 is 12.4 Å². The van der Waals surface area contributed by atoms with Crippen molar-refractivity contribution in [2.75, 3.05) is 14.2 Å². The Morgan fingerprint density at radius 1 is 1.24 bits per heavy atom. The molecular weight excluding hydrogens is 238 g/mol. The molecule has 1 aromatic carbocycles. The van der Waals surface area contributed by atoms with E-state index in [0.29, 0.717) is 6.04 Å². The molecule has 0 bridgehead atoms. The zero-order valence-electron chi connectivity index (χ0n) is 10.9. The third kappa shape index (κ3) is 4.84. The smallest absolute Gasteiger partial charge is 0.123 e. The summed E-state index contributed by atoms with van der Waals surface area (Å²) in [5, 5.41) is 3.44. The monoisotopic (exact) mass is 259 g/mol. The molecule has 0 fully saturated rings. The number of hydrogen-bond donors (Lipinski definition) is 1. The minimum absolute atomic E-state index is 0. The van der Waals surface area contributed by atoms with Gasteiger partial charge in [-0.2, -0.15) is 0 Å². The van der Waals surface area contributed by atoms with Gasteiger partial charge in [-0.15, -0.1) is 12.4 Å². The molecule has 1 unspecified atom stereocenters. The van der Waals surface area contributed by atoms with E-state index >= 15 is 0 Å². The SMILES string of the molecule is CCC(C)NCc1cc(OC)ccc1OC.Cl. The first kappa shape index (κ1) is 16.1. The number of benzene rings is 1. The van der Waals surface area contributed by atoms with Gasteiger partial charge in [0.25, 0.3) is 0 Å². The van der Waals surface area contributed by atoms with Gasteiger partial charge in [-0.3, -0.25) is 0 Å². The van der Waals surface area contributed by atoms with Crippen LogP contribution in [0.5, 0.6) is 11.5 Å². The summed E-state index contributed by atoms with van der Waals surface area (Å²) < 4.78 is 10.5. The van der Waals surface area contributed by atoms with Crippen molar-refractivity contribution in [2.24, 2.45) is 0 Å². The Kier molecular flexibility index (Phi) is 7.75. The highest BCUT2D eigenvalue weighted by Crippen LogP contribution is 2.23. The van der Waals surface area contributed by atoms with E-state index < -0.39 is 0 Å². The van der Waals surface area contributed by atoms with Crippen molar-refractivity contribution in [3.05, 3.63) is 23.8 Å². The quantitative estimate of drug-likeness (QED) is 0.852. The average Bonchev–Trinajstić information content (AvgIpc) is 2.35. The number of methoxy groups -OCH3 is 2. The number of ether oxygens (including phenoxy) is 2. The second kappa shape index (κ2) is 8.20. The first-order chi connectivity index (χ1) is 7.71. The van der Waals surface area contributed by atoms with Crippen LogP contribution in [-0.2, 0) is 6.54 Å². The Hall–Kier alpha value is -0.930. The van der Waals surface area contributed by atoms with Gasteiger partial charge in [0.05, 0.1) is 14.2 Å². The summed E-state index contributed by atoms with van der Waals surface area (Å²) >= 11 is 0. The lowest BCUT2D eigenvalue weighted by Gasteiger charge is -2.14. The molecule has 1 atom stereocenters. The minimum Gasteiger partial charge on any atom is -0.497 e. The van der Waals surface area contributed by atoms with E-state index in [1.165, 1.54) is 0 Å². The van der Waals surface area contributed by atoms with Gasteiger partial charge in [0, 0.05) is 18.2 Å². The van der Waals surface area contributed by atoms with Gasteiger partial charge in [0.2, 0.25) is 0 Å². The van der Waals surface area contributed by atoms with Crippen molar-refractivity contribution in [3.8, 4) is 11.5 Å². The highest BCUT2D eigenvalue weighted by Gasteiger charge is 2.06. The van der Waals surface area contributed by atoms with Gasteiger partial charge in [0.15, 0.2) is 0 Å². The maximum Gasteiger partial charge on any atom is 0.123 e. The number of hydrogen-bond acceptors (Lipinski definition) is 3. The van der Waals surface area contributed by atoms with Crippen LogP contribution < -0.4 is 14.8 Å². The van der Waals surface area contributed by atoms with Crippen LogP contribution in [-0.4, -0.2) is 20.3 Å². The molecule has 0 saturated heterocycles. The Balaban J connectivity index is 0.00000256. The van der Waals surface area contributed by atoms with Gasteiger partial charge in [0.1, 0.15) is 11.5 Å². The van der Waals surface area contributed by atoms with Crippen molar-refractivity contribution in [3.63, 3.8) is 0 Å². The molecule has 0 amide bonds. The summed E-state index contributed by atoms with van der Waals surface area (Å²) in [6.07, 6.45) is 1.12. The van der Waals surface area contributed by atoms with Crippen molar-refractivity contribution >= 4 is 12.4 Å². The first-order valence-corrected chi connectivity index (χ1v) is 5.65. The Bertz CT molecular complexity index is 331. The van der Waals surface area contributed by atoms with Crippen LogP contribution in [0.1, 0.15) is 25.8 Å². The third-order valence-electron chi connectivity index (χ3n) is 2.74. The Morgan fingerprint density at radius 3 is 2.47 bits per heavy atom. The molecule has 0 radical (unpaired) electrons. The maximum absolute atomic E-state index is 5.32. The fourth-order valence-electron chi connectivity index (χ4n) is 1.45. The summed E-state index contributed by atoms with van der Waals surface area (Å²) in [6.45, 7) is 5.14. The highest BCUT2D eigenvalue weighted by atomic mass is 35.5. The fourth-order valence-corrected chi connectivity index (χ4v) is 1.45. The third-order valence-corrected chi connectivity index (χ3v) is 2.74. The average molecular weight is 260 g/mol. The zero-order chi connectivity index (χ0) is 12.0. The number of rotatable bonds is 6. The van der Waals surface area contributed by atoms with Gasteiger partial charge in [-0.25, -0.2) is 0 Å². The summed E-state index contributed by atoms with van der Waals surface area (Å²) in [6, 6.07) is 6.36. The summed E-state index contributed by atoms with van der Waals surface area (Å²) in [5.41, 5.74) is 1.13. The molecule has 1 N–H and O–H groups in total. The number of halogens is 1. The van der Waals surface area contributed by atoms with E-state index in [1.807, 2.05) is 18.2 Å². The molecule has 1 rings (SSSR count). The summed E-state index contributed by atoms with van der Waals surface area (Å²) in [5.74, 6) is 1.76. The highest BCUT2D eigenvalue weighted by molar-refractivity contribution is 5.85. The van der Waals surface area contributed by atoms with Gasteiger partial charge < -0.3 is 14.8 Å².